The van der Waals surface area contributed by atoms with Crippen molar-refractivity contribution in [2.24, 2.45) is 0 Å². The Morgan fingerprint density at radius 2 is 1.94 bits per heavy atom. The van der Waals surface area contributed by atoms with E-state index in [2.05, 4.69) is 60.3 Å². The molecule has 2 rings (SSSR count). The molecule has 0 fully saturated rings. The zero-order valence-electron chi connectivity index (χ0n) is 10.1. The van der Waals surface area contributed by atoms with E-state index >= 15 is 0 Å². The summed E-state index contributed by atoms with van der Waals surface area (Å²) in [6.45, 7) is 7.89. The Hall–Kier alpha value is -1.25. The van der Waals surface area contributed by atoms with E-state index in [1.54, 1.807) is 11.9 Å². The molecule has 2 aromatic carbocycles. The molecule has 0 saturated carbocycles. The fourth-order valence-corrected chi connectivity index (χ4v) is 2.80. The molecule has 2 aromatic rings. The Morgan fingerprint density at radius 1 is 1.18 bits per heavy atom. The van der Waals surface area contributed by atoms with Gasteiger partial charge in [-0.2, -0.15) is 0 Å². The number of hydrogen-bond acceptors (Lipinski definition) is 2. The Balaban J connectivity index is 2.31. The largest absolute Gasteiger partial charge is 0.243 e. The van der Waals surface area contributed by atoms with Crippen LogP contribution in [-0.4, -0.2) is 17.4 Å². The van der Waals surface area contributed by atoms with Gasteiger partial charge in [-0.3, -0.25) is 0 Å². The zero-order chi connectivity index (χ0) is 12.1. The summed E-state index contributed by atoms with van der Waals surface area (Å²) in [7, 11) is 0. The van der Waals surface area contributed by atoms with Gasteiger partial charge >= 0.3 is 0 Å². The van der Waals surface area contributed by atoms with Gasteiger partial charge in [0.1, 0.15) is 0 Å². The highest BCUT2D eigenvalue weighted by molar-refractivity contribution is 7.97. The van der Waals surface area contributed by atoms with Gasteiger partial charge in [-0.25, -0.2) is 4.31 Å². The lowest BCUT2D eigenvalue weighted by Gasteiger charge is -2.18. The number of likely N-dealkylation sites (N-methyl/N-ethyl adjacent to an activating group) is 1. The highest BCUT2D eigenvalue weighted by Gasteiger charge is 2.05. The third kappa shape index (κ3) is 2.90. The summed E-state index contributed by atoms with van der Waals surface area (Å²) < 4.78 is 2.30. The third-order valence-electron chi connectivity index (χ3n) is 2.66. The summed E-state index contributed by atoms with van der Waals surface area (Å²) in [5.74, 6) is 0. The average molecular weight is 243 g/mol. The number of benzene rings is 2. The van der Waals surface area contributed by atoms with E-state index in [9.17, 15) is 0 Å². The van der Waals surface area contributed by atoms with Crippen molar-refractivity contribution in [1.29, 1.82) is 0 Å². The summed E-state index contributed by atoms with van der Waals surface area (Å²) in [5.41, 5.74) is 0. The van der Waals surface area contributed by atoms with Crippen LogP contribution in [0, 0.1) is 0 Å². The molecule has 0 aromatic heterocycles. The lowest BCUT2D eigenvalue weighted by atomic mass is 10.1. The van der Waals surface area contributed by atoms with Crippen molar-refractivity contribution in [3.63, 3.8) is 0 Å². The van der Waals surface area contributed by atoms with Crippen molar-refractivity contribution in [1.82, 2.24) is 4.31 Å². The molecule has 0 N–H and O–H groups in total. The second-order valence-corrected chi connectivity index (χ2v) is 4.98. The minimum atomic E-state index is 0.907. The molecule has 0 amide bonds. The van der Waals surface area contributed by atoms with E-state index in [1.165, 1.54) is 15.7 Å². The Kier molecular flexibility index (Phi) is 4.24. The van der Waals surface area contributed by atoms with Crippen molar-refractivity contribution in [3.8, 4) is 0 Å². The SMILES string of the molecule is C=CCN(CC)Sc1cccc2ccccc12. The minimum absolute atomic E-state index is 0.907. The van der Waals surface area contributed by atoms with Crippen LogP contribution in [0.1, 0.15) is 6.92 Å². The van der Waals surface area contributed by atoms with Crippen LogP contribution < -0.4 is 0 Å². The molecule has 0 saturated heterocycles. The van der Waals surface area contributed by atoms with Crippen molar-refractivity contribution in [2.75, 3.05) is 13.1 Å². The predicted octanol–water partition coefficient (Wildman–Crippen LogP) is 4.35. The van der Waals surface area contributed by atoms with Gasteiger partial charge in [0.05, 0.1) is 0 Å². The fraction of sp³-hybridized carbons (Fsp3) is 0.200. The van der Waals surface area contributed by atoms with Gasteiger partial charge in [0.2, 0.25) is 0 Å². The van der Waals surface area contributed by atoms with Crippen LogP contribution in [0.5, 0.6) is 0 Å². The van der Waals surface area contributed by atoms with Gasteiger partial charge in [0, 0.05) is 18.0 Å². The molecule has 0 aliphatic rings. The monoisotopic (exact) mass is 243 g/mol. The number of fused-ring (bicyclic) bond motifs is 1. The van der Waals surface area contributed by atoms with Gasteiger partial charge < -0.3 is 0 Å². The molecule has 0 atom stereocenters. The fourth-order valence-electron chi connectivity index (χ4n) is 1.79. The maximum Gasteiger partial charge on any atom is 0.0308 e. The maximum absolute atomic E-state index is 3.80. The predicted molar refractivity (Wildman–Crippen MR) is 77.2 cm³/mol. The first-order valence-corrected chi connectivity index (χ1v) is 6.64. The van der Waals surface area contributed by atoms with Gasteiger partial charge in [-0.1, -0.05) is 49.4 Å². The molecule has 2 heteroatoms. The van der Waals surface area contributed by atoms with Gasteiger partial charge in [0.15, 0.2) is 0 Å². The van der Waals surface area contributed by atoms with E-state index in [0.717, 1.165) is 13.1 Å². The van der Waals surface area contributed by atoms with Crippen LogP contribution >= 0.6 is 11.9 Å². The molecule has 0 heterocycles. The Morgan fingerprint density at radius 3 is 2.71 bits per heavy atom. The molecule has 1 nitrogen and oxygen atoms in total. The standard InChI is InChI=1S/C15H17NS/c1-3-12-16(4-2)17-15-11-7-9-13-8-5-6-10-14(13)15/h3,5-11H,1,4,12H2,2H3. The van der Waals surface area contributed by atoms with Gasteiger partial charge in [-0.15, -0.1) is 6.58 Å². The molecule has 0 aliphatic heterocycles. The van der Waals surface area contributed by atoms with E-state index in [-0.39, 0.29) is 0 Å². The summed E-state index contributed by atoms with van der Waals surface area (Å²) in [4.78, 5) is 1.31. The van der Waals surface area contributed by atoms with Crippen LogP contribution in [0.15, 0.2) is 60.0 Å². The molecular weight excluding hydrogens is 226 g/mol. The smallest absolute Gasteiger partial charge is 0.0308 e. The molecule has 88 valence electrons. The second-order valence-electron chi connectivity index (χ2n) is 3.84. The number of rotatable bonds is 5. The van der Waals surface area contributed by atoms with Crippen LogP contribution in [0.4, 0.5) is 0 Å². The number of nitrogens with zero attached hydrogens (tertiary/aromatic N) is 1. The molecule has 0 bridgehead atoms. The highest BCUT2D eigenvalue weighted by Crippen LogP contribution is 2.29. The van der Waals surface area contributed by atoms with E-state index in [1.807, 2.05) is 6.08 Å². The van der Waals surface area contributed by atoms with E-state index in [4.69, 9.17) is 0 Å². The van der Waals surface area contributed by atoms with Crippen molar-refractivity contribution in [2.45, 2.75) is 11.8 Å². The second kappa shape index (κ2) is 5.89. The summed E-state index contributed by atoms with van der Waals surface area (Å²) in [5, 5.41) is 2.62. The maximum atomic E-state index is 3.80. The topological polar surface area (TPSA) is 3.24 Å². The van der Waals surface area contributed by atoms with E-state index < -0.39 is 0 Å². The normalized spacial score (nSPS) is 10.9. The first-order chi connectivity index (χ1) is 8.35. The van der Waals surface area contributed by atoms with Crippen molar-refractivity contribution >= 4 is 22.7 Å². The van der Waals surface area contributed by atoms with Crippen LogP contribution in [-0.2, 0) is 0 Å². The first kappa shape index (κ1) is 12.2. The quantitative estimate of drug-likeness (QED) is 0.567. The van der Waals surface area contributed by atoms with Gasteiger partial charge in [0.25, 0.3) is 0 Å². The average Bonchev–Trinajstić information content (AvgIpc) is 2.38. The van der Waals surface area contributed by atoms with E-state index in [0.29, 0.717) is 0 Å². The van der Waals surface area contributed by atoms with Gasteiger partial charge in [-0.05, 0) is 28.8 Å². The zero-order valence-corrected chi connectivity index (χ0v) is 10.9. The van der Waals surface area contributed by atoms with Crippen molar-refractivity contribution in [3.05, 3.63) is 55.1 Å². The van der Waals surface area contributed by atoms with Crippen molar-refractivity contribution < 1.29 is 0 Å². The number of hydrogen-bond donors (Lipinski definition) is 0. The molecule has 0 spiro atoms. The lowest BCUT2D eigenvalue weighted by molar-refractivity contribution is 0.551. The summed E-state index contributed by atoms with van der Waals surface area (Å²) >= 11 is 1.80. The minimum Gasteiger partial charge on any atom is -0.243 e. The molecule has 17 heavy (non-hydrogen) atoms. The Labute approximate surface area is 107 Å². The third-order valence-corrected chi connectivity index (χ3v) is 3.88. The van der Waals surface area contributed by atoms with Crippen LogP contribution in [0.25, 0.3) is 10.8 Å². The van der Waals surface area contributed by atoms with Crippen LogP contribution in [0.2, 0.25) is 0 Å². The lowest BCUT2D eigenvalue weighted by Crippen LogP contribution is -2.14. The molecule has 0 unspecified atom stereocenters. The van der Waals surface area contributed by atoms with Crippen LogP contribution in [0.3, 0.4) is 0 Å². The molecular formula is C15H17NS. The first-order valence-electron chi connectivity index (χ1n) is 5.86. The molecule has 0 aliphatic carbocycles. The summed E-state index contributed by atoms with van der Waals surface area (Å²) in [6.07, 6.45) is 1.95. The molecule has 0 radical (unpaired) electrons. The highest BCUT2D eigenvalue weighted by atomic mass is 32.2. The Bertz CT molecular complexity index is 502. The summed E-state index contributed by atoms with van der Waals surface area (Å²) in [6, 6.07) is 15.0.